The van der Waals surface area contributed by atoms with Crippen molar-refractivity contribution in [1.29, 1.82) is 0 Å². The quantitative estimate of drug-likeness (QED) is 0.0117. The van der Waals surface area contributed by atoms with E-state index < -0.39 is 95.8 Å². The van der Waals surface area contributed by atoms with Crippen molar-refractivity contribution in [2.75, 3.05) is 93.1 Å². The second-order valence-corrected chi connectivity index (χ2v) is 26.6. The van der Waals surface area contributed by atoms with Gasteiger partial charge in [-0.3, -0.25) is 52.8 Å². The number of benzene rings is 3. The van der Waals surface area contributed by atoms with Gasteiger partial charge < -0.3 is 99.0 Å². The molecule has 3 aromatic carbocycles. The molecule has 4 aromatic heterocycles. The predicted octanol–water partition coefficient (Wildman–Crippen LogP) is 4.37. The van der Waals surface area contributed by atoms with E-state index in [0.29, 0.717) is 44.7 Å². The number of fused-ring (bicyclic) bond motifs is 3. The van der Waals surface area contributed by atoms with E-state index in [9.17, 15) is 67.7 Å². The number of nitrogens with one attached hydrogen (secondary N) is 7. The Labute approximate surface area is 630 Å². The number of carbonyl (C=O) groups is 12. The smallest absolute Gasteiger partial charge is 0.416 e. The number of carbonyl (C=O) groups excluding carboxylic acids is 12. The van der Waals surface area contributed by atoms with Crippen LogP contribution in [0.5, 0.6) is 11.5 Å². The van der Waals surface area contributed by atoms with Crippen LogP contribution in [0.3, 0.4) is 0 Å². The number of esters is 1. The predicted molar refractivity (Wildman–Crippen MR) is 396 cm³/mol. The minimum atomic E-state index is -1.63. The molecule has 0 bridgehead atoms. The third-order valence-corrected chi connectivity index (χ3v) is 18.2. The Morgan fingerprint density at radius 1 is 0.691 bits per heavy atom. The van der Waals surface area contributed by atoms with E-state index >= 15 is 0 Å². The van der Waals surface area contributed by atoms with Gasteiger partial charge in [0.15, 0.2) is 29.8 Å². The average molecular weight is 1520 g/mol. The molecule has 1 fully saturated rings. The molecule has 582 valence electrons. The summed E-state index contributed by atoms with van der Waals surface area (Å²) >= 11 is 0. The summed E-state index contributed by atoms with van der Waals surface area (Å²) < 4.78 is 39.6. The number of methoxy groups -OCH3 is 2. The molecule has 11 amide bonds. The van der Waals surface area contributed by atoms with Gasteiger partial charge in [-0.25, -0.2) is 19.5 Å². The standard InChI is InChI=1S/C75H87N15O20/c1-42(2)65(83-62(93)22-27-107-29-30-108-28-23-76-60(91)21-25-88-63(94)18-19-64(88)95)69(98)77-44(4)67(96)78-48-15-12-45(13-16-48)41-110-75(104)90-53-36-58(57(105-8)35-51(53)71(100)89-37-43(3)31-56(89)73(90)102)109-26-10-11-61(92)81-59-40-86(7)66(82-59)70(99)80-49-33-54(84(5)38-49)68(97)79-50-34-55(85(6)39-50)72(101)87-24-20-46-32-47(74(103)106-9)14-17-52(46)87/h12-20,24,32-36,38-40,42,44,56,65,72-73,101-102H,3,10-11,21-23,25-31,37,41H2,1-2,4-9H3,(H,76,91)(H,77,98)(H,78,96)(H,79,97)(H,80,99)(H,81,92)(H,83,93)/t44-,56-,65-,72?,73?/m0/s1. The molecule has 0 spiro atoms. The highest BCUT2D eigenvalue weighted by atomic mass is 16.6. The molecule has 7 aromatic rings. The molecule has 7 heterocycles. The van der Waals surface area contributed by atoms with E-state index in [-0.39, 0.29) is 149 Å². The molecule has 1 saturated heterocycles. The van der Waals surface area contributed by atoms with Crippen LogP contribution in [0.4, 0.5) is 33.4 Å². The summed E-state index contributed by atoms with van der Waals surface area (Å²) in [7, 11) is 7.56. The SMILES string of the molecule is C=C1C[C@H]2C(O)N(C(=O)OCc3ccc(NC(=O)[C@H](C)NC(=O)[C@@H](NC(=O)CCOCCOCCNC(=O)CCN4C(=O)C=CC4=O)C(C)C)cc3)c3cc(OCCCC(=O)Nc4cn(C)c(C(=O)Nc5cc(C(=O)Nc6cc(C(O)n7ccc8cc(C(=O)OC)ccc87)n(C)c6)n(C)c5)n4)c(OC)cc3C(=O)N2C1. The van der Waals surface area contributed by atoms with Gasteiger partial charge in [-0.1, -0.05) is 38.1 Å². The lowest BCUT2D eigenvalue weighted by atomic mass is 10.0. The van der Waals surface area contributed by atoms with Crippen LogP contribution in [0.25, 0.3) is 10.9 Å². The van der Waals surface area contributed by atoms with Crippen molar-refractivity contribution >= 4 is 111 Å². The zero-order chi connectivity index (χ0) is 79.2. The van der Waals surface area contributed by atoms with Crippen molar-refractivity contribution in [1.82, 2.24) is 49.0 Å². The minimum absolute atomic E-state index is 0.0105. The van der Waals surface area contributed by atoms with Crippen LogP contribution in [0.1, 0.15) is 112 Å². The van der Waals surface area contributed by atoms with Crippen molar-refractivity contribution in [2.45, 2.75) is 90.1 Å². The van der Waals surface area contributed by atoms with E-state index in [4.69, 9.17) is 28.4 Å². The van der Waals surface area contributed by atoms with Crippen LogP contribution in [0.15, 0.2) is 122 Å². The topological polar surface area (TPSA) is 427 Å². The van der Waals surface area contributed by atoms with E-state index in [1.165, 1.54) is 65.8 Å². The lowest BCUT2D eigenvalue weighted by Crippen LogP contribution is -2.53. The fourth-order valence-electron chi connectivity index (χ4n) is 12.5. The number of nitrogens with zero attached hydrogens (tertiary/aromatic N) is 8. The van der Waals surface area contributed by atoms with E-state index in [2.05, 4.69) is 48.8 Å². The number of hydrogen-bond donors (Lipinski definition) is 9. The molecular formula is C75H87N15O20. The minimum Gasteiger partial charge on any atom is -0.493 e. The van der Waals surface area contributed by atoms with Crippen molar-refractivity contribution in [3.05, 3.63) is 156 Å². The van der Waals surface area contributed by atoms with Gasteiger partial charge in [0, 0.05) is 114 Å². The molecule has 9 N–H and O–H groups in total. The lowest BCUT2D eigenvalue weighted by molar-refractivity contribution is -0.137. The molecule has 0 radical (unpaired) electrons. The average Bonchev–Trinajstić information content (AvgIpc) is 1.59. The molecule has 3 aliphatic heterocycles. The molecule has 35 nitrogen and oxygen atoms in total. The highest BCUT2D eigenvalue weighted by molar-refractivity contribution is 6.13. The Kier molecular flexibility index (Phi) is 26.2. The van der Waals surface area contributed by atoms with Crippen molar-refractivity contribution in [3.63, 3.8) is 0 Å². The first-order chi connectivity index (χ1) is 52.6. The van der Waals surface area contributed by atoms with E-state index in [0.717, 1.165) is 22.0 Å². The highest BCUT2D eigenvalue weighted by Gasteiger charge is 2.47. The first kappa shape index (κ1) is 80.1. The van der Waals surface area contributed by atoms with Crippen LogP contribution in [-0.4, -0.2) is 206 Å². The summed E-state index contributed by atoms with van der Waals surface area (Å²) in [6, 6.07) is 15.9. The Hall–Kier alpha value is -12.5. The summed E-state index contributed by atoms with van der Waals surface area (Å²) in [4.78, 5) is 164. The fourth-order valence-corrected chi connectivity index (χ4v) is 12.5. The Morgan fingerprint density at radius 2 is 1.40 bits per heavy atom. The molecule has 3 aliphatic rings. The number of rotatable bonds is 34. The number of imide groups is 1. The third-order valence-electron chi connectivity index (χ3n) is 18.2. The zero-order valence-corrected chi connectivity index (χ0v) is 61.8. The molecule has 35 heteroatoms. The Bertz CT molecular complexity index is 4710. The Morgan fingerprint density at radius 3 is 2.12 bits per heavy atom. The third kappa shape index (κ3) is 19.4. The maximum absolute atomic E-state index is 14.3. The maximum atomic E-state index is 14.3. The van der Waals surface area contributed by atoms with Gasteiger partial charge in [-0.2, -0.15) is 0 Å². The number of hydrogen-bond acceptors (Lipinski definition) is 21. The van der Waals surface area contributed by atoms with Gasteiger partial charge in [-0.15, -0.1) is 0 Å². The van der Waals surface area contributed by atoms with E-state index in [1.807, 2.05) is 0 Å². The Balaban J connectivity index is 0.664. The summed E-state index contributed by atoms with van der Waals surface area (Å²) in [5.41, 5.74) is 3.70. The van der Waals surface area contributed by atoms with Crippen LogP contribution in [0, 0.1) is 5.92 Å². The van der Waals surface area contributed by atoms with Crippen molar-refractivity contribution in [3.8, 4) is 11.5 Å². The summed E-state index contributed by atoms with van der Waals surface area (Å²) in [5.74, 6) is -5.75. The largest absolute Gasteiger partial charge is 0.493 e. The second kappa shape index (κ2) is 36.0. The molecule has 110 heavy (non-hydrogen) atoms. The second-order valence-electron chi connectivity index (χ2n) is 26.6. The van der Waals surface area contributed by atoms with Gasteiger partial charge in [0.25, 0.3) is 29.5 Å². The van der Waals surface area contributed by atoms with Crippen molar-refractivity contribution in [2.24, 2.45) is 27.1 Å². The van der Waals surface area contributed by atoms with Crippen LogP contribution >= 0.6 is 0 Å². The number of ether oxygens (including phenoxy) is 6. The highest BCUT2D eigenvalue weighted by Crippen LogP contribution is 2.42. The number of anilines is 5. The fraction of sp³-hybridized carbons (Fsp3) is 0.373. The van der Waals surface area contributed by atoms with Crippen LogP contribution in [-0.2, 0) is 80.3 Å². The van der Waals surface area contributed by atoms with Gasteiger partial charge in [0.1, 0.15) is 24.4 Å². The van der Waals surface area contributed by atoms with Gasteiger partial charge in [0.2, 0.25) is 35.4 Å². The summed E-state index contributed by atoms with van der Waals surface area (Å²) in [5, 5.41) is 43.1. The molecule has 5 atom stereocenters. The first-order valence-corrected chi connectivity index (χ1v) is 35.2. The number of aromatic nitrogens is 5. The monoisotopic (exact) mass is 1520 g/mol. The summed E-state index contributed by atoms with van der Waals surface area (Å²) in [6.07, 6.45) is 4.90. The zero-order valence-electron chi connectivity index (χ0n) is 61.8. The molecule has 10 rings (SSSR count). The maximum Gasteiger partial charge on any atom is 0.416 e. The van der Waals surface area contributed by atoms with Gasteiger partial charge in [-0.05, 0) is 85.8 Å². The molecule has 0 saturated carbocycles. The first-order valence-electron chi connectivity index (χ1n) is 35.2. The van der Waals surface area contributed by atoms with Crippen LogP contribution < -0.4 is 51.6 Å². The molecule has 2 unspecified atom stereocenters. The van der Waals surface area contributed by atoms with Gasteiger partial charge >= 0.3 is 12.1 Å². The lowest BCUT2D eigenvalue weighted by Gasteiger charge is -2.31. The number of aliphatic hydroxyl groups is 2. The normalized spacial score (nSPS) is 15.4. The molecule has 0 aliphatic carbocycles. The number of aliphatic hydroxyl groups excluding tert-OH is 2. The number of imidazole rings is 1. The number of aryl methyl sites for hydroxylation is 3. The van der Waals surface area contributed by atoms with Gasteiger partial charge in [0.05, 0.1) is 92.7 Å². The van der Waals surface area contributed by atoms with Crippen LogP contribution in [0.2, 0.25) is 0 Å². The van der Waals surface area contributed by atoms with Crippen molar-refractivity contribution < 1.29 is 96.2 Å². The van der Waals surface area contributed by atoms with E-state index in [1.54, 1.807) is 111 Å². The number of amides is 11. The molecular weight excluding hydrogens is 1430 g/mol. The summed E-state index contributed by atoms with van der Waals surface area (Å²) in [6.45, 7) is 9.35.